The van der Waals surface area contributed by atoms with Crippen molar-refractivity contribution in [3.8, 4) is 5.75 Å². The highest BCUT2D eigenvalue weighted by molar-refractivity contribution is 6.05. The average molecular weight is 436 g/mol. The monoisotopic (exact) mass is 436 g/mol. The number of hydrogen-bond donors (Lipinski definition) is 2. The molecule has 10 nitrogen and oxygen atoms in total. The number of furan rings is 1. The van der Waals surface area contributed by atoms with E-state index in [1.165, 1.54) is 30.5 Å². The fourth-order valence-corrected chi connectivity index (χ4v) is 2.67. The third kappa shape index (κ3) is 5.79. The first-order chi connectivity index (χ1) is 15.3. The van der Waals surface area contributed by atoms with E-state index in [0.717, 1.165) is 5.56 Å². The lowest BCUT2D eigenvalue weighted by Gasteiger charge is -2.07. The van der Waals surface area contributed by atoms with Gasteiger partial charge in [0.05, 0.1) is 22.5 Å². The van der Waals surface area contributed by atoms with Crippen LogP contribution in [-0.4, -0.2) is 29.1 Å². The molecule has 0 bridgehead atoms. The van der Waals surface area contributed by atoms with Gasteiger partial charge in [0.1, 0.15) is 11.5 Å². The van der Waals surface area contributed by atoms with Crippen molar-refractivity contribution in [3.63, 3.8) is 0 Å². The van der Waals surface area contributed by atoms with E-state index in [1.54, 1.807) is 44.2 Å². The molecule has 0 fully saturated rings. The third-order valence-corrected chi connectivity index (χ3v) is 4.43. The number of carbonyl (C=O) groups excluding carboxylic acids is 2. The average Bonchev–Trinajstić information content (AvgIpc) is 3.22. The van der Waals surface area contributed by atoms with Crippen molar-refractivity contribution in [2.75, 3.05) is 11.9 Å². The van der Waals surface area contributed by atoms with Gasteiger partial charge in [-0.3, -0.25) is 19.7 Å². The summed E-state index contributed by atoms with van der Waals surface area (Å²) >= 11 is 0. The fourth-order valence-electron chi connectivity index (χ4n) is 2.67. The van der Waals surface area contributed by atoms with Gasteiger partial charge in [0, 0.05) is 17.8 Å². The second kappa shape index (κ2) is 10.0. The van der Waals surface area contributed by atoms with E-state index < -0.39 is 10.8 Å². The molecule has 0 unspecified atom stereocenters. The molecule has 0 atom stereocenters. The predicted molar refractivity (Wildman–Crippen MR) is 117 cm³/mol. The van der Waals surface area contributed by atoms with Crippen LogP contribution in [0.25, 0.3) is 0 Å². The maximum absolute atomic E-state index is 12.2. The Balaban J connectivity index is 1.50. The van der Waals surface area contributed by atoms with Crippen molar-refractivity contribution in [1.29, 1.82) is 0 Å². The summed E-state index contributed by atoms with van der Waals surface area (Å²) in [6.07, 6.45) is 1.46. The molecule has 2 N–H and O–H groups in total. The number of hydrazone groups is 1. The molecule has 2 amide bonds. The van der Waals surface area contributed by atoms with Gasteiger partial charge in [-0.1, -0.05) is 12.1 Å². The first-order valence-corrected chi connectivity index (χ1v) is 9.50. The molecular weight excluding hydrogens is 416 g/mol. The summed E-state index contributed by atoms with van der Waals surface area (Å²) in [7, 11) is 0. The molecule has 0 aliphatic rings. The number of nitro groups is 1. The van der Waals surface area contributed by atoms with Gasteiger partial charge in [0.15, 0.2) is 6.61 Å². The van der Waals surface area contributed by atoms with Gasteiger partial charge in [-0.15, -0.1) is 0 Å². The number of nitrogens with zero attached hydrogens (tertiary/aromatic N) is 2. The van der Waals surface area contributed by atoms with E-state index in [0.29, 0.717) is 28.5 Å². The Morgan fingerprint density at radius 1 is 1.09 bits per heavy atom. The molecular formula is C22H20N4O6. The molecule has 2 aromatic carbocycles. The Labute approximate surface area is 183 Å². The molecule has 3 rings (SSSR count). The molecule has 10 heteroatoms. The van der Waals surface area contributed by atoms with Crippen LogP contribution in [0, 0.1) is 17.0 Å². The molecule has 0 aliphatic heterocycles. The predicted octanol–water partition coefficient (Wildman–Crippen LogP) is 3.67. The van der Waals surface area contributed by atoms with Crippen LogP contribution in [0.15, 0.2) is 70.4 Å². The summed E-state index contributed by atoms with van der Waals surface area (Å²) < 4.78 is 10.4. The molecule has 1 heterocycles. The molecule has 0 saturated carbocycles. The zero-order valence-electron chi connectivity index (χ0n) is 17.3. The van der Waals surface area contributed by atoms with E-state index in [-0.39, 0.29) is 18.2 Å². The first-order valence-electron chi connectivity index (χ1n) is 9.50. The third-order valence-electron chi connectivity index (χ3n) is 4.43. The van der Waals surface area contributed by atoms with Crippen LogP contribution >= 0.6 is 0 Å². The van der Waals surface area contributed by atoms with Crippen LogP contribution < -0.4 is 15.5 Å². The number of non-ortho nitro benzene ring substituents is 1. The minimum atomic E-state index is -0.519. The van der Waals surface area contributed by atoms with Crippen LogP contribution in [0.3, 0.4) is 0 Å². The summed E-state index contributed by atoms with van der Waals surface area (Å²) in [5, 5.41) is 17.5. The van der Waals surface area contributed by atoms with Crippen LogP contribution in [0.2, 0.25) is 0 Å². The highest BCUT2D eigenvalue weighted by Crippen LogP contribution is 2.17. The van der Waals surface area contributed by atoms with Crippen LogP contribution in [0.1, 0.15) is 28.6 Å². The summed E-state index contributed by atoms with van der Waals surface area (Å²) in [5.41, 5.74) is 4.69. The van der Waals surface area contributed by atoms with Crippen molar-refractivity contribution in [2.45, 2.75) is 13.8 Å². The van der Waals surface area contributed by atoms with Gasteiger partial charge < -0.3 is 14.5 Å². The van der Waals surface area contributed by atoms with E-state index in [1.807, 2.05) is 0 Å². The maximum Gasteiger partial charge on any atom is 0.277 e. The normalized spacial score (nSPS) is 11.0. The fraction of sp³-hybridized carbons (Fsp3) is 0.136. The van der Waals surface area contributed by atoms with Gasteiger partial charge in [0.2, 0.25) is 0 Å². The Bertz CT molecular complexity index is 1150. The van der Waals surface area contributed by atoms with E-state index in [4.69, 9.17) is 9.15 Å². The quantitative estimate of drug-likeness (QED) is 0.314. The summed E-state index contributed by atoms with van der Waals surface area (Å²) in [6, 6.07) is 14.0. The highest BCUT2D eigenvalue weighted by Gasteiger charge is 2.12. The molecule has 0 saturated heterocycles. The molecule has 32 heavy (non-hydrogen) atoms. The van der Waals surface area contributed by atoms with Crippen LogP contribution in [-0.2, 0) is 4.79 Å². The van der Waals surface area contributed by atoms with Crippen molar-refractivity contribution < 1.29 is 23.7 Å². The number of carbonyl (C=O) groups is 2. The molecule has 3 aromatic rings. The second-order valence-corrected chi connectivity index (χ2v) is 6.69. The number of nitrogens with one attached hydrogen (secondary N) is 2. The lowest BCUT2D eigenvalue weighted by Crippen LogP contribution is -2.25. The summed E-state index contributed by atoms with van der Waals surface area (Å²) in [4.78, 5) is 34.3. The molecule has 0 spiro atoms. The number of ether oxygens (including phenoxy) is 1. The minimum absolute atomic E-state index is 0.0656. The van der Waals surface area contributed by atoms with Crippen LogP contribution in [0.5, 0.6) is 5.75 Å². The molecule has 1 aromatic heterocycles. The van der Waals surface area contributed by atoms with E-state index in [2.05, 4.69) is 15.8 Å². The number of aryl methyl sites for hydroxylation is 1. The number of rotatable bonds is 8. The van der Waals surface area contributed by atoms with Gasteiger partial charge in [-0.25, -0.2) is 5.43 Å². The highest BCUT2D eigenvalue weighted by atomic mass is 16.6. The van der Waals surface area contributed by atoms with Crippen molar-refractivity contribution in [3.05, 3.63) is 87.9 Å². The van der Waals surface area contributed by atoms with Gasteiger partial charge in [-0.05, 0) is 49.7 Å². The summed E-state index contributed by atoms with van der Waals surface area (Å²) in [6.45, 7) is 3.13. The Hall–Kier alpha value is -4.47. The van der Waals surface area contributed by atoms with Crippen molar-refractivity contribution >= 4 is 28.9 Å². The number of anilines is 1. The van der Waals surface area contributed by atoms with Gasteiger partial charge >= 0.3 is 0 Å². The van der Waals surface area contributed by atoms with Gasteiger partial charge in [0.25, 0.3) is 17.5 Å². The lowest BCUT2D eigenvalue weighted by molar-refractivity contribution is -0.384. The van der Waals surface area contributed by atoms with E-state index in [9.17, 15) is 19.7 Å². The van der Waals surface area contributed by atoms with Gasteiger partial charge in [-0.2, -0.15) is 5.10 Å². The second-order valence-electron chi connectivity index (χ2n) is 6.69. The largest absolute Gasteiger partial charge is 0.484 e. The molecule has 0 radical (unpaired) electrons. The van der Waals surface area contributed by atoms with Crippen LogP contribution in [0.4, 0.5) is 11.4 Å². The smallest absolute Gasteiger partial charge is 0.277 e. The zero-order chi connectivity index (χ0) is 23.1. The zero-order valence-corrected chi connectivity index (χ0v) is 17.3. The Morgan fingerprint density at radius 2 is 1.78 bits per heavy atom. The molecule has 0 aliphatic carbocycles. The molecule has 164 valence electrons. The Kier molecular flexibility index (Phi) is 6.96. The van der Waals surface area contributed by atoms with E-state index >= 15 is 0 Å². The number of amides is 2. The topological polar surface area (TPSA) is 136 Å². The summed E-state index contributed by atoms with van der Waals surface area (Å²) in [5.74, 6) is 0.113. The first kappa shape index (κ1) is 22.2. The maximum atomic E-state index is 12.2. The SMILES string of the molecule is C/C(=N\NC(=O)COc1ccc([N+](=O)[O-])cc1)c1ccc(NC(=O)c2ccoc2C)cc1. The van der Waals surface area contributed by atoms with Crippen molar-refractivity contribution in [1.82, 2.24) is 5.43 Å². The standard InChI is InChI=1S/C22H20N4O6/c1-14(24-25-21(27)13-32-19-9-7-18(8-10-19)26(29)30)16-3-5-17(6-4-16)23-22(28)20-11-12-31-15(20)2/h3-12H,13H2,1-2H3,(H,23,28)(H,25,27)/b24-14+. The minimum Gasteiger partial charge on any atom is -0.484 e. The Morgan fingerprint density at radius 3 is 2.38 bits per heavy atom. The number of hydrogen-bond acceptors (Lipinski definition) is 7. The lowest BCUT2D eigenvalue weighted by atomic mass is 10.1. The number of benzene rings is 2. The van der Waals surface area contributed by atoms with Crippen molar-refractivity contribution in [2.24, 2.45) is 5.10 Å². The number of nitro benzene ring substituents is 1.